The Kier molecular flexibility index (Phi) is 3.53. The first-order valence-electron chi connectivity index (χ1n) is 7.14. The van der Waals surface area contributed by atoms with Gasteiger partial charge < -0.3 is 9.64 Å². The second-order valence-electron chi connectivity index (χ2n) is 5.46. The van der Waals surface area contributed by atoms with E-state index in [0.717, 1.165) is 18.5 Å². The van der Waals surface area contributed by atoms with Crippen LogP contribution in [0.3, 0.4) is 0 Å². The van der Waals surface area contributed by atoms with E-state index in [-0.39, 0.29) is 0 Å². The Hall–Kier alpha value is -2.47. The number of methoxy groups -OCH3 is 1. The van der Waals surface area contributed by atoms with Crippen molar-refractivity contribution in [2.75, 3.05) is 12.0 Å². The third kappa shape index (κ3) is 2.45. The maximum absolute atomic E-state index is 9.06. The van der Waals surface area contributed by atoms with Gasteiger partial charge in [-0.2, -0.15) is 5.26 Å². The molecule has 0 bridgehead atoms. The number of nitrogens with zero attached hydrogens (tertiary/aromatic N) is 2. The van der Waals surface area contributed by atoms with Crippen molar-refractivity contribution in [3.8, 4) is 11.8 Å². The molecule has 3 rings (SSSR count). The zero-order valence-electron chi connectivity index (χ0n) is 12.3. The molecule has 0 aromatic heterocycles. The summed E-state index contributed by atoms with van der Waals surface area (Å²) < 4.78 is 5.30. The van der Waals surface area contributed by atoms with Gasteiger partial charge in [0.1, 0.15) is 11.8 Å². The molecule has 0 radical (unpaired) electrons. The quantitative estimate of drug-likeness (QED) is 0.862. The van der Waals surface area contributed by atoms with E-state index in [9.17, 15) is 0 Å². The van der Waals surface area contributed by atoms with Gasteiger partial charge in [0, 0.05) is 18.3 Å². The van der Waals surface area contributed by atoms with Gasteiger partial charge in [0.2, 0.25) is 0 Å². The molecule has 0 N–H and O–H groups in total. The summed E-state index contributed by atoms with van der Waals surface area (Å²) >= 11 is 0. The molecular weight excluding hydrogens is 260 g/mol. The normalized spacial score (nSPS) is 16.4. The van der Waals surface area contributed by atoms with Crippen LogP contribution >= 0.6 is 0 Å². The molecule has 0 saturated carbocycles. The van der Waals surface area contributed by atoms with Gasteiger partial charge in [0.05, 0.1) is 12.7 Å². The Balaban J connectivity index is 1.89. The fourth-order valence-electron chi connectivity index (χ4n) is 2.99. The molecular formula is C18H18N2O. The van der Waals surface area contributed by atoms with Crippen LogP contribution in [0.1, 0.15) is 23.6 Å². The fourth-order valence-corrected chi connectivity index (χ4v) is 2.99. The van der Waals surface area contributed by atoms with Crippen molar-refractivity contribution in [2.24, 2.45) is 0 Å². The lowest BCUT2D eigenvalue weighted by atomic mass is 10.1. The number of rotatable bonds is 3. The molecule has 106 valence electrons. The zero-order valence-corrected chi connectivity index (χ0v) is 12.3. The third-order valence-electron chi connectivity index (χ3n) is 4.09. The van der Waals surface area contributed by atoms with Crippen LogP contribution in [0.15, 0.2) is 42.5 Å². The molecule has 21 heavy (non-hydrogen) atoms. The summed E-state index contributed by atoms with van der Waals surface area (Å²) in [4.78, 5) is 2.41. The second kappa shape index (κ2) is 5.49. The van der Waals surface area contributed by atoms with Crippen LogP contribution < -0.4 is 9.64 Å². The van der Waals surface area contributed by atoms with Crippen LogP contribution in [-0.4, -0.2) is 13.2 Å². The lowest BCUT2D eigenvalue weighted by Crippen LogP contribution is -2.28. The van der Waals surface area contributed by atoms with Gasteiger partial charge in [-0.05, 0) is 42.7 Å². The number of hydrogen-bond donors (Lipinski definition) is 0. The summed E-state index contributed by atoms with van der Waals surface area (Å²) in [7, 11) is 1.60. The maximum Gasteiger partial charge on any atom is 0.136 e. The van der Waals surface area contributed by atoms with Crippen LogP contribution in [0, 0.1) is 11.3 Å². The van der Waals surface area contributed by atoms with Crippen LogP contribution in [0.4, 0.5) is 5.69 Å². The van der Waals surface area contributed by atoms with Gasteiger partial charge in [-0.15, -0.1) is 0 Å². The van der Waals surface area contributed by atoms with Crippen molar-refractivity contribution in [3.63, 3.8) is 0 Å². The molecule has 0 amide bonds. The van der Waals surface area contributed by atoms with E-state index < -0.39 is 0 Å². The van der Waals surface area contributed by atoms with E-state index in [1.807, 2.05) is 18.2 Å². The Morgan fingerprint density at radius 3 is 2.86 bits per heavy atom. The molecule has 0 saturated heterocycles. The number of hydrogen-bond acceptors (Lipinski definition) is 3. The molecule has 1 unspecified atom stereocenters. The molecule has 0 spiro atoms. The predicted molar refractivity (Wildman–Crippen MR) is 83.5 cm³/mol. The highest BCUT2D eigenvalue weighted by Crippen LogP contribution is 2.33. The van der Waals surface area contributed by atoms with Crippen LogP contribution in [0.2, 0.25) is 0 Å². The minimum absolute atomic E-state index is 0.490. The highest BCUT2D eigenvalue weighted by molar-refractivity contribution is 5.59. The first kappa shape index (κ1) is 13.5. The Bertz CT molecular complexity index is 703. The average Bonchev–Trinajstić information content (AvgIpc) is 2.83. The summed E-state index contributed by atoms with van der Waals surface area (Å²) in [5.74, 6) is 0.648. The van der Waals surface area contributed by atoms with E-state index in [1.54, 1.807) is 7.11 Å². The smallest absolute Gasteiger partial charge is 0.136 e. The molecule has 3 nitrogen and oxygen atoms in total. The van der Waals surface area contributed by atoms with Gasteiger partial charge in [-0.1, -0.05) is 24.3 Å². The Labute approximate surface area is 125 Å². The van der Waals surface area contributed by atoms with Crippen molar-refractivity contribution in [2.45, 2.75) is 25.9 Å². The highest BCUT2D eigenvalue weighted by Gasteiger charge is 2.25. The molecule has 0 aliphatic carbocycles. The van der Waals surface area contributed by atoms with Crippen LogP contribution in [0.25, 0.3) is 0 Å². The van der Waals surface area contributed by atoms with Gasteiger partial charge in [-0.25, -0.2) is 0 Å². The monoisotopic (exact) mass is 278 g/mol. The first-order valence-corrected chi connectivity index (χ1v) is 7.14. The lowest BCUT2D eigenvalue weighted by Gasteiger charge is -2.25. The minimum atomic E-state index is 0.490. The molecule has 2 aromatic carbocycles. The Morgan fingerprint density at radius 1 is 1.29 bits per heavy atom. The van der Waals surface area contributed by atoms with E-state index in [1.165, 1.54) is 11.3 Å². The molecule has 0 fully saturated rings. The van der Waals surface area contributed by atoms with Crippen molar-refractivity contribution in [1.29, 1.82) is 5.26 Å². The number of nitriles is 1. The van der Waals surface area contributed by atoms with Crippen LogP contribution in [0.5, 0.6) is 5.75 Å². The standard InChI is InChI=1S/C18H18N2O/c1-13-9-15-5-3-4-6-17(15)20(13)12-14-7-8-16(11-19)18(10-14)21-2/h3-8,10,13H,9,12H2,1-2H3. The largest absolute Gasteiger partial charge is 0.495 e. The zero-order chi connectivity index (χ0) is 14.8. The minimum Gasteiger partial charge on any atom is -0.495 e. The summed E-state index contributed by atoms with van der Waals surface area (Å²) in [5, 5.41) is 9.06. The van der Waals surface area contributed by atoms with Crippen molar-refractivity contribution in [1.82, 2.24) is 0 Å². The molecule has 2 aromatic rings. The maximum atomic E-state index is 9.06. The highest BCUT2D eigenvalue weighted by atomic mass is 16.5. The van der Waals surface area contributed by atoms with E-state index in [4.69, 9.17) is 10.00 Å². The Morgan fingerprint density at radius 2 is 2.10 bits per heavy atom. The van der Waals surface area contributed by atoms with Gasteiger partial charge in [0.15, 0.2) is 0 Å². The van der Waals surface area contributed by atoms with Gasteiger partial charge >= 0.3 is 0 Å². The SMILES string of the molecule is COc1cc(CN2c3ccccc3CC2C)ccc1C#N. The van der Waals surface area contributed by atoms with Crippen molar-refractivity contribution < 1.29 is 4.74 Å². The molecule has 3 heteroatoms. The number of anilines is 1. The number of para-hydroxylation sites is 1. The summed E-state index contributed by atoms with van der Waals surface area (Å²) in [5.41, 5.74) is 4.46. The lowest BCUT2D eigenvalue weighted by molar-refractivity contribution is 0.413. The van der Waals surface area contributed by atoms with Crippen molar-refractivity contribution in [3.05, 3.63) is 59.2 Å². The average molecular weight is 278 g/mol. The molecule has 1 atom stereocenters. The first-order chi connectivity index (χ1) is 10.2. The fraction of sp³-hybridized carbons (Fsp3) is 0.278. The second-order valence-corrected chi connectivity index (χ2v) is 5.46. The summed E-state index contributed by atoms with van der Waals surface area (Å²) in [6.07, 6.45) is 1.09. The topological polar surface area (TPSA) is 36.3 Å². The molecule has 1 aliphatic rings. The van der Waals surface area contributed by atoms with E-state index in [2.05, 4.69) is 42.2 Å². The van der Waals surface area contributed by atoms with Gasteiger partial charge in [0.25, 0.3) is 0 Å². The number of benzene rings is 2. The van der Waals surface area contributed by atoms with Gasteiger partial charge in [-0.3, -0.25) is 0 Å². The summed E-state index contributed by atoms with van der Waals surface area (Å²) in [6.45, 7) is 3.08. The van der Waals surface area contributed by atoms with E-state index in [0.29, 0.717) is 17.4 Å². The third-order valence-corrected chi connectivity index (χ3v) is 4.09. The number of fused-ring (bicyclic) bond motifs is 1. The van der Waals surface area contributed by atoms with Crippen molar-refractivity contribution >= 4 is 5.69 Å². The number of ether oxygens (including phenoxy) is 1. The summed E-state index contributed by atoms with van der Waals surface area (Å²) in [6, 6.07) is 17.0. The predicted octanol–water partition coefficient (Wildman–Crippen LogP) is 3.52. The molecule has 1 heterocycles. The molecule has 1 aliphatic heterocycles. The van der Waals surface area contributed by atoms with Crippen LogP contribution in [-0.2, 0) is 13.0 Å². The van der Waals surface area contributed by atoms with E-state index >= 15 is 0 Å².